The average Bonchev–Trinajstić information content (AvgIpc) is 2.78. The molecule has 0 spiro atoms. The molecule has 0 unspecified atom stereocenters. The van der Waals surface area contributed by atoms with Gasteiger partial charge in [-0.1, -0.05) is 49.4 Å². The first-order valence-electron chi connectivity index (χ1n) is 11.1. The lowest BCUT2D eigenvalue weighted by Gasteiger charge is -2.26. The lowest BCUT2D eigenvalue weighted by atomic mass is 10.0. The Labute approximate surface area is 186 Å². The number of hydrazine groups is 1. The molecule has 3 rings (SSSR count). The summed E-state index contributed by atoms with van der Waals surface area (Å²) in [5.41, 5.74) is 8.17. The zero-order valence-electron chi connectivity index (χ0n) is 18.7. The van der Waals surface area contributed by atoms with Crippen molar-refractivity contribution >= 4 is 17.2 Å². The van der Waals surface area contributed by atoms with Crippen molar-refractivity contribution in [2.24, 2.45) is 5.84 Å². The number of allylic oxidation sites excluding steroid dienone is 2. The number of nitrogens with one attached hydrogen (secondary N) is 2. The second-order valence-corrected chi connectivity index (χ2v) is 8.47. The third kappa shape index (κ3) is 6.54. The summed E-state index contributed by atoms with van der Waals surface area (Å²) in [5.74, 6) is 5.73. The standard InChI is InChI=1S/C26H34N4O/c1-19(2)28-26(31)24-9-7-8-23(17-24)20(3)16-25(29-27)22-12-10-21(11-13-22)18-30-14-5-4-6-15-30/h7-13,16-17,19,29H,3-6,14-15,18,27H2,1-2H3,(H,28,31)/b25-16-. The quantitative estimate of drug-likeness (QED) is 0.339. The van der Waals surface area contributed by atoms with Gasteiger partial charge in [0.25, 0.3) is 5.91 Å². The Hall–Kier alpha value is -2.89. The second kappa shape index (κ2) is 10.9. The van der Waals surface area contributed by atoms with Gasteiger partial charge in [0.15, 0.2) is 0 Å². The molecule has 2 aromatic carbocycles. The fraction of sp³-hybridized carbons (Fsp3) is 0.346. The summed E-state index contributed by atoms with van der Waals surface area (Å²) in [4.78, 5) is 14.8. The van der Waals surface area contributed by atoms with Gasteiger partial charge in [0.2, 0.25) is 0 Å². The minimum Gasteiger partial charge on any atom is -0.350 e. The van der Waals surface area contributed by atoms with Gasteiger partial charge < -0.3 is 10.7 Å². The summed E-state index contributed by atoms with van der Waals surface area (Å²) in [6.45, 7) is 11.4. The number of carbonyl (C=O) groups excluding carboxylic acids is 1. The van der Waals surface area contributed by atoms with Gasteiger partial charge in [-0.3, -0.25) is 15.5 Å². The molecule has 1 fully saturated rings. The summed E-state index contributed by atoms with van der Waals surface area (Å²) in [6, 6.07) is 16.1. The van der Waals surface area contributed by atoms with Crippen LogP contribution >= 0.6 is 0 Å². The van der Waals surface area contributed by atoms with E-state index in [1.165, 1.54) is 37.9 Å². The maximum absolute atomic E-state index is 12.3. The Morgan fingerprint density at radius 2 is 1.74 bits per heavy atom. The molecule has 1 aliphatic heterocycles. The molecule has 1 saturated heterocycles. The Kier molecular flexibility index (Phi) is 8.04. The molecule has 5 nitrogen and oxygen atoms in total. The molecule has 5 heteroatoms. The number of amides is 1. The highest BCUT2D eigenvalue weighted by Crippen LogP contribution is 2.21. The summed E-state index contributed by atoms with van der Waals surface area (Å²) >= 11 is 0. The molecule has 1 amide bonds. The first-order chi connectivity index (χ1) is 15.0. The molecule has 0 radical (unpaired) electrons. The lowest BCUT2D eigenvalue weighted by Crippen LogP contribution is -2.30. The number of hydrogen-bond acceptors (Lipinski definition) is 4. The largest absolute Gasteiger partial charge is 0.350 e. The van der Waals surface area contributed by atoms with Crippen molar-refractivity contribution < 1.29 is 4.79 Å². The van der Waals surface area contributed by atoms with Crippen molar-refractivity contribution in [3.05, 3.63) is 83.4 Å². The fourth-order valence-corrected chi connectivity index (χ4v) is 3.84. The summed E-state index contributed by atoms with van der Waals surface area (Å²) in [6.07, 6.45) is 5.86. The highest BCUT2D eigenvalue weighted by Gasteiger charge is 2.11. The van der Waals surface area contributed by atoms with Crippen LogP contribution in [0.4, 0.5) is 0 Å². The van der Waals surface area contributed by atoms with Crippen LogP contribution in [-0.4, -0.2) is 29.9 Å². The van der Waals surface area contributed by atoms with E-state index in [1.54, 1.807) is 6.07 Å². The summed E-state index contributed by atoms with van der Waals surface area (Å²) < 4.78 is 0. The van der Waals surface area contributed by atoms with Crippen molar-refractivity contribution in [1.29, 1.82) is 0 Å². The summed E-state index contributed by atoms with van der Waals surface area (Å²) in [5, 5.41) is 2.92. The lowest BCUT2D eigenvalue weighted by molar-refractivity contribution is 0.0943. The number of rotatable bonds is 8. The normalized spacial score (nSPS) is 15.0. The van der Waals surface area contributed by atoms with Crippen LogP contribution in [-0.2, 0) is 6.54 Å². The highest BCUT2D eigenvalue weighted by atomic mass is 16.1. The van der Waals surface area contributed by atoms with E-state index in [-0.39, 0.29) is 11.9 Å². The molecule has 4 N–H and O–H groups in total. The van der Waals surface area contributed by atoms with Crippen LogP contribution in [0.25, 0.3) is 11.3 Å². The van der Waals surface area contributed by atoms with Crippen molar-refractivity contribution in [2.75, 3.05) is 13.1 Å². The molecule has 2 aromatic rings. The predicted molar refractivity (Wildman–Crippen MR) is 129 cm³/mol. The van der Waals surface area contributed by atoms with Crippen molar-refractivity contribution in [3.8, 4) is 0 Å². The van der Waals surface area contributed by atoms with Gasteiger partial charge in [-0.15, -0.1) is 0 Å². The molecular weight excluding hydrogens is 384 g/mol. The van der Waals surface area contributed by atoms with E-state index in [9.17, 15) is 4.79 Å². The molecule has 0 saturated carbocycles. The van der Waals surface area contributed by atoms with Crippen LogP contribution in [0.2, 0.25) is 0 Å². The highest BCUT2D eigenvalue weighted by molar-refractivity contribution is 5.95. The van der Waals surface area contributed by atoms with Crippen LogP contribution in [0.15, 0.2) is 61.2 Å². The van der Waals surface area contributed by atoms with Gasteiger partial charge in [0.1, 0.15) is 0 Å². The molecule has 164 valence electrons. The zero-order chi connectivity index (χ0) is 22.2. The second-order valence-electron chi connectivity index (χ2n) is 8.47. The number of nitrogens with two attached hydrogens (primary N) is 1. The number of carbonyl (C=O) groups is 1. The van der Waals surface area contributed by atoms with Crippen molar-refractivity contribution in [2.45, 2.75) is 45.7 Å². The Bertz CT molecular complexity index is 925. The molecule has 0 atom stereocenters. The third-order valence-corrected chi connectivity index (χ3v) is 5.51. The Morgan fingerprint density at radius 3 is 2.39 bits per heavy atom. The van der Waals surface area contributed by atoms with Gasteiger partial charge in [-0.25, -0.2) is 0 Å². The van der Waals surface area contributed by atoms with Gasteiger partial charge in [0.05, 0.1) is 5.70 Å². The summed E-state index contributed by atoms with van der Waals surface area (Å²) in [7, 11) is 0. The maximum Gasteiger partial charge on any atom is 0.251 e. The third-order valence-electron chi connectivity index (χ3n) is 5.51. The first-order valence-corrected chi connectivity index (χ1v) is 11.1. The Morgan fingerprint density at radius 1 is 1.06 bits per heavy atom. The minimum atomic E-state index is -0.0879. The van der Waals surface area contributed by atoms with Gasteiger partial charge in [-0.2, -0.15) is 0 Å². The fourth-order valence-electron chi connectivity index (χ4n) is 3.84. The van der Waals surface area contributed by atoms with Gasteiger partial charge >= 0.3 is 0 Å². The molecule has 0 bridgehead atoms. The number of hydrogen-bond donors (Lipinski definition) is 3. The van der Waals surface area contributed by atoms with Crippen LogP contribution in [0, 0.1) is 0 Å². The van der Waals surface area contributed by atoms with Gasteiger partial charge in [0, 0.05) is 18.2 Å². The number of likely N-dealkylation sites (tertiary alicyclic amines) is 1. The first kappa shape index (κ1) is 22.8. The van der Waals surface area contributed by atoms with Crippen molar-refractivity contribution in [1.82, 2.24) is 15.6 Å². The molecular formula is C26H34N4O. The van der Waals surface area contributed by atoms with Crippen LogP contribution in [0.5, 0.6) is 0 Å². The average molecular weight is 419 g/mol. The predicted octanol–water partition coefficient (Wildman–Crippen LogP) is 4.33. The molecule has 0 aliphatic carbocycles. The number of benzene rings is 2. The molecule has 0 aromatic heterocycles. The minimum absolute atomic E-state index is 0.0879. The van der Waals surface area contributed by atoms with E-state index >= 15 is 0 Å². The van der Waals surface area contributed by atoms with Gasteiger partial charge in [-0.05, 0) is 80.3 Å². The molecule has 31 heavy (non-hydrogen) atoms. The van der Waals surface area contributed by atoms with E-state index in [4.69, 9.17) is 5.84 Å². The zero-order valence-corrected chi connectivity index (χ0v) is 18.7. The van der Waals surface area contributed by atoms with E-state index in [0.29, 0.717) is 5.56 Å². The van der Waals surface area contributed by atoms with Crippen molar-refractivity contribution in [3.63, 3.8) is 0 Å². The topological polar surface area (TPSA) is 70.4 Å². The maximum atomic E-state index is 12.3. The SMILES string of the molecule is C=C(/C=C(\NN)c1ccc(CN2CCCCC2)cc1)c1cccc(C(=O)NC(C)C)c1. The number of nitrogens with zero attached hydrogens (tertiary/aromatic N) is 1. The van der Waals surface area contributed by atoms with Crippen LogP contribution in [0.3, 0.4) is 0 Å². The van der Waals surface area contributed by atoms with E-state index in [2.05, 4.69) is 46.5 Å². The van der Waals surface area contributed by atoms with Crippen LogP contribution in [0.1, 0.15) is 60.2 Å². The van der Waals surface area contributed by atoms with E-state index in [0.717, 1.165) is 28.9 Å². The smallest absolute Gasteiger partial charge is 0.251 e. The van der Waals surface area contributed by atoms with E-state index < -0.39 is 0 Å². The monoisotopic (exact) mass is 418 g/mol. The Balaban J connectivity index is 1.72. The molecule has 1 aliphatic rings. The number of piperidine rings is 1. The van der Waals surface area contributed by atoms with Crippen LogP contribution < -0.4 is 16.6 Å². The molecule has 1 heterocycles. The van der Waals surface area contributed by atoms with E-state index in [1.807, 2.05) is 38.1 Å².